The van der Waals surface area contributed by atoms with Crippen LogP contribution >= 0.6 is 12.4 Å². The summed E-state index contributed by atoms with van der Waals surface area (Å²) in [6.07, 6.45) is 0. The van der Waals surface area contributed by atoms with Gasteiger partial charge in [-0.25, -0.2) is 0 Å². The molecule has 1 aromatic carbocycles. The summed E-state index contributed by atoms with van der Waals surface area (Å²) in [6.45, 7) is 8.20. The van der Waals surface area contributed by atoms with Gasteiger partial charge in [0.2, 0.25) is 5.91 Å². The van der Waals surface area contributed by atoms with Crippen molar-refractivity contribution >= 4 is 18.3 Å². The van der Waals surface area contributed by atoms with E-state index in [0.717, 1.165) is 25.2 Å². The van der Waals surface area contributed by atoms with Crippen molar-refractivity contribution in [2.45, 2.75) is 26.4 Å². The van der Waals surface area contributed by atoms with Gasteiger partial charge >= 0.3 is 0 Å². The number of rotatable bonds is 4. The molecule has 20 heavy (non-hydrogen) atoms. The SMILES string of the molecule is Cc1cccc(CNC(=O)CN2CCNC[C@@H]2C)c1.Cl. The van der Waals surface area contributed by atoms with Gasteiger partial charge in [0.1, 0.15) is 0 Å². The Hall–Kier alpha value is -1.10. The van der Waals surface area contributed by atoms with Gasteiger partial charge in [-0.1, -0.05) is 29.8 Å². The van der Waals surface area contributed by atoms with E-state index in [0.29, 0.717) is 19.1 Å². The normalized spacial score (nSPS) is 19.2. The summed E-state index contributed by atoms with van der Waals surface area (Å²) in [7, 11) is 0. The first kappa shape index (κ1) is 17.0. The molecule has 0 unspecified atom stereocenters. The number of halogens is 1. The van der Waals surface area contributed by atoms with E-state index in [1.807, 2.05) is 12.1 Å². The zero-order valence-electron chi connectivity index (χ0n) is 12.2. The highest BCUT2D eigenvalue weighted by Crippen LogP contribution is 2.04. The lowest BCUT2D eigenvalue weighted by Crippen LogP contribution is -2.52. The average Bonchev–Trinajstić information content (AvgIpc) is 2.39. The largest absolute Gasteiger partial charge is 0.351 e. The van der Waals surface area contributed by atoms with Crippen molar-refractivity contribution in [2.24, 2.45) is 0 Å². The lowest BCUT2D eigenvalue weighted by Gasteiger charge is -2.33. The number of nitrogens with one attached hydrogen (secondary N) is 2. The summed E-state index contributed by atoms with van der Waals surface area (Å²) in [5.41, 5.74) is 2.38. The summed E-state index contributed by atoms with van der Waals surface area (Å²) in [5, 5.41) is 6.32. The van der Waals surface area contributed by atoms with Crippen LogP contribution in [0.1, 0.15) is 18.1 Å². The summed E-state index contributed by atoms with van der Waals surface area (Å²) >= 11 is 0. The van der Waals surface area contributed by atoms with Gasteiger partial charge in [-0.15, -0.1) is 12.4 Å². The molecule has 1 heterocycles. The third-order valence-electron chi connectivity index (χ3n) is 3.56. The molecule has 1 amide bonds. The standard InChI is InChI=1S/C15H23N3O.ClH/c1-12-4-3-5-14(8-12)10-17-15(19)11-18-7-6-16-9-13(18)2;/h3-5,8,13,16H,6-7,9-11H2,1-2H3,(H,17,19);1H/t13-;/m0./s1. The van der Waals surface area contributed by atoms with Gasteiger partial charge in [-0.3, -0.25) is 9.69 Å². The van der Waals surface area contributed by atoms with Gasteiger partial charge in [-0.2, -0.15) is 0 Å². The summed E-state index contributed by atoms with van der Waals surface area (Å²) < 4.78 is 0. The molecule has 0 aromatic heterocycles. The molecule has 112 valence electrons. The van der Waals surface area contributed by atoms with Crippen molar-refractivity contribution in [3.8, 4) is 0 Å². The zero-order valence-corrected chi connectivity index (χ0v) is 13.0. The maximum absolute atomic E-state index is 11.9. The molecular weight excluding hydrogens is 274 g/mol. The van der Waals surface area contributed by atoms with E-state index >= 15 is 0 Å². The monoisotopic (exact) mass is 297 g/mol. The Kier molecular flexibility index (Phi) is 6.99. The van der Waals surface area contributed by atoms with E-state index in [2.05, 4.69) is 41.5 Å². The molecule has 1 aliphatic rings. The maximum Gasteiger partial charge on any atom is 0.234 e. The van der Waals surface area contributed by atoms with Gasteiger partial charge < -0.3 is 10.6 Å². The highest BCUT2D eigenvalue weighted by Gasteiger charge is 2.19. The topological polar surface area (TPSA) is 44.4 Å². The minimum atomic E-state index is 0. The molecule has 5 heteroatoms. The van der Waals surface area contributed by atoms with E-state index in [9.17, 15) is 4.79 Å². The van der Waals surface area contributed by atoms with Crippen LogP contribution in [-0.4, -0.2) is 43.0 Å². The Morgan fingerprint density at radius 1 is 1.50 bits per heavy atom. The first-order chi connectivity index (χ1) is 9.15. The second-order valence-electron chi connectivity index (χ2n) is 5.29. The van der Waals surface area contributed by atoms with Crippen molar-refractivity contribution < 1.29 is 4.79 Å². The highest BCUT2D eigenvalue weighted by molar-refractivity contribution is 5.85. The van der Waals surface area contributed by atoms with Gasteiger partial charge in [-0.05, 0) is 19.4 Å². The van der Waals surface area contributed by atoms with Crippen LogP contribution in [0.4, 0.5) is 0 Å². The van der Waals surface area contributed by atoms with Crippen LogP contribution < -0.4 is 10.6 Å². The van der Waals surface area contributed by atoms with E-state index < -0.39 is 0 Å². The molecule has 2 rings (SSSR count). The Balaban J connectivity index is 0.00000200. The van der Waals surface area contributed by atoms with Crippen LogP contribution in [0.5, 0.6) is 0 Å². The fourth-order valence-electron chi connectivity index (χ4n) is 2.38. The average molecular weight is 298 g/mol. The fourth-order valence-corrected chi connectivity index (χ4v) is 2.38. The van der Waals surface area contributed by atoms with Crippen molar-refractivity contribution in [2.75, 3.05) is 26.2 Å². The number of hydrogen-bond acceptors (Lipinski definition) is 3. The third kappa shape index (κ3) is 5.12. The summed E-state index contributed by atoms with van der Waals surface area (Å²) in [5.74, 6) is 0.107. The minimum absolute atomic E-state index is 0. The molecule has 1 atom stereocenters. The number of piperazine rings is 1. The Labute approximate surface area is 127 Å². The first-order valence-corrected chi connectivity index (χ1v) is 6.92. The first-order valence-electron chi connectivity index (χ1n) is 6.92. The minimum Gasteiger partial charge on any atom is -0.351 e. The molecule has 4 nitrogen and oxygen atoms in total. The molecule has 0 bridgehead atoms. The number of aryl methyl sites for hydroxylation is 1. The summed E-state index contributed by atoms with van der Waals surface area (Å²) in [6, 6.07) is 8.66. The number of hydrogen-bond donors (Lipinski definition) is 2. The van der Waals surface area contributed by atoms with Crippen molar-refractivity contribution in [3.05, 3.63) is 35.4 Å². The van der Waals surface area contributed by atoms with Crippen LogP contribution in [0.2, 0.25) is 0 Å². The number of benzene rings is 1. The third-order valence-corrected chi connectivity index (χ3v) is 3.56. The smallest absolute Gasteiger partial charge is 0.234 e. The quantitative estimate of drug-likeness (QED) is 0.881. The molecular formula is C15H24ClN3O. The van der Waals surface area contributed by atoms with Gasteiger partial charge in [0.25, 0.3) is 0 Å². The van der Waals surface area contributed by atoms with Crippen LogP contribution in [0.25, 0.3) is 0 Å². The molecule has 2 N–H and O–H groups in total. The molecule has 0 saturated carbocycles. The van der Waals surface area contributed by atoms with Gasteiger partial charge in [0, 0.05) is 32.2 Å². The second kappa shape index (κ2) is 8.25. The van der Waals surface area contributed by atoms with E-state index in [-0.39, 0.29) is 18.3 Å². The number of carbonyl (C=O) groups is 1. The predicted octanol–water partition coefficient (Wildman–Crippen LogP) is 1.33. The maximum atomic E-state index is 11.9. The highest BCUT2D eigenvalue weighted by atomic mass is 35.5. The number of nitrogens with zero attached hydrogens (tertiary/aromatic N) is 1. The molecule has 1 fully saturated rings. The van der Waals surface area contributed by atoms with Crippen molar-refractivity contribution in [1.82, 2.24) is 15.5 Å². The van der Waals surface area contributed by atoms with Crippen LogP contribution in [0, 0.1) is 6.92 Å². The predicted molar refractivity (Wildman–Crippen MR) is 84.2 cm³/mol. The number of carbonyl (C=O) groups excluding carboxylic acids is 1. The zero-order chi connectivity index (χ0) is 13.7. The van der Waals surface area contributed by atoms with E-state index in [4.69, 9.17) is 0 Å². The van der Waals surface area contributed by atoms with Gasteiger partial charge in [0.05, 0.1) is 6.54 Å². The Morgan fingerprint density at radius 2 is 2.30 bits per heavy atom. The molecule has 1 aromatic rings. The number of amides is 1. The molecule has 1 aliphatic heterocycles. The van der Waals surface area contributed by atoms with E-state index in [1.54, 1.807) is 0 Å². The van der Waals surface area contributed by atoms with Crippen LogP contribution in [0.3, 0.4) is 0 Å². The Bertz CT molecular complexity index is 439. The molecule has 0 spiro atoms. The lowest BCUT2D eigenvalue weighted by atomic mass is 10.1. The fraction of sp³-hybridized carbons (Fsp3) is 0.533. The van der Waals surface area contributed by atoms with Crippen molar-refractivity contribution in [3.63, 3.8) is 0 Å². The van der Waals surface area contributed by atoms with Gasteiger partial charge in [0.15, 0.2) is 0 Å². The summed E-state index contributed by atoms with van der Waals surface area (Å²) in [4.78, 5) is 14.2. The molecule has 0 radical (unpaired) electrons. The lowest BCUT2D eigenvalue weighted by molar-refractivity contribution is -0.123. The van der Waals surface area contributed by atoms with Crippen LogP contribution in [0.15, 0.2) is 24.3 Å². The molecule has 1 saturated heterocycles. The van der Waals surface area contributed by atoms with E-state index in [1.165, 1.54) is 5.56 Å². The van der Waals surface area contributed by atoms with Crippen LogP contribution in [-0.2, 0) is 11.3 Å². The second-order valence-corrected chi connectivity index (χ2v) is 5.29. The molecule has 0 aliphatic carbocycles. The van der Waals surface area contributed by atoms with Crippen molar-refractivity contribution in [1.29, 1.82) is 0 Å². The Morgan fingerprint density at radius 3 is 3.00 bits per heavy atom.